The molecule has 1 unspecified atom stereocenters. The average Bonchev–Trinajstić information content (AvgIpc) is 3.41. The summed E-state index contributed by atoms with van der Waals surface area (Å²) in [4.78, 5) is 16.3. The highest BCUT2D eigenvalue weighted by atomic mass is 16.5. The van der Waals surface area contributed by atoms with Gasteiger partial charge in [-0.15, -0.1) is 0 Å². The van der Waals surface area contributed by atoms with Crippen LogP contribution in [0, 0.1) is 0 Å². The number of ether oxygens (including phenoxy) is 1. The molecular formula is C22H30N6O2. The number of methoxy groups -OCH3 is 1. The van der Waals surface area contributed by atoms with Gasteiger partial charge in [0.1, 0.15) is 5.75 Å². The van der Waals surface area contributed by atoms with Crippen molar-refractivity contribution in [1.29, 1.82) is 0 Å². The van der Waals surface area contributed by atoms with E-state index in [4.69, 9.17) is 14.7 Å². The molecule has 1 aliphatic rings. The first kappa shape index (κ1) is 20.4. The summed E-state index contributed by atoms with van der Waals surface area (Å²) in [7, 11) is 1.67. The highest BCUT2D eigenvalue weighted by Crippen LogP contribution is 2.28. The van der Waals surface area contributed by atoms with Crippen LogP contribution in [-0.2, 0) is 6.42 Å². The first-order valence-electron chi connectivity index (χ1n) is 10.6. The van der Waals surface area contributed by atoms with Crippen LogP contribution in [0.4, 0.5) is 11.8 Å². The molecule has 4 rings (SSSR count). The Morgan fingerprint density at radius 3 is 2.73 bits per heavy atom. The maximum absolute atomic E-state index is 9.75. The van der Waals surface area contributed by atoms with E-state index in [2.05, 4.69) is 45.7 Å². The van der Waals surface area contributed by atoms with Gasteiger partial charge in [0.2, 0.25) is 5.95 Å². The number of hydrogen-bond donors (Lipinski definition) is 2. The Morgan fingerprint density at radius 1 is 1.23 bits per heavy atom. The van der Waals surface area contributed by atoms with E-state index in [1.165, 1.54) is 5.56 Å². The van der Waals surface area contributed by atoms with E-state index in [1.807, 2.05) is 18.5 Å². The highest BCUT2D eigenvalue weighted by molar-refractivity contribution is 5.84. The zero-order chi connectivity index (χ0) is 21.1. The maximum Gasteiger partial charge on any atom is 0.229 e. The number of nitrogens with one attached hydrogen (secondary N) is 1. The maximum atomic E-state index is 9.75. The van der Waals surface area contributed by atoms with Gasteiger partial charge in [0.05, 0.1) is 26.1 Å². The number of anilines is 2. The second-order valence-electron chi connectivity index (χ2n) is 7.99. The number of aliphatic hydroxyl groups is 1. The SMILES string of the molecule is COc1ccc(CCNc2nc(N3CCCC3CO)nc3c2ncn3C(C)C)cc1. The fourth-order valence-electron chi connectivity index (χ4n) is 3.94. The Kier molecular flexibility index (Phi) is 6.03. The second-order valence-corrected chi connectivity index (χ2v) is 7.99. The predicted molar refractivity (Wildman–Crippen MR) is 118 cm³/mol. The summed E-state index contributed by atoms with van der Waals surface area (Å²) in [5, 5.41) is 13.2. The Labute approximate surface area is 176 Å². The van der Waals surface area contributed by atoms with Gasteiger partial charge in [-0.1, -0.05) is 12.1 Å². The summed E-state index contributed by atoms with van der Waals surface area (Å²) in [5.74, 6) is 2.26. The van der Waals surface area contributed by atoms with E-state index in [1.54, 1.807) is 7.11 Å². The van der Waals surface area contributed by atoms with Crippen molar-refractivity contribution in [3.8, 4) is 5.75 Å². The topological polar surface area (TPSA) is 88.3 Å². The van der Waals surface area contributed by atoms with Crippen molar-refractivity contribution < 1.29 is 9.84 Å². The molecule has 0 aliphatic carbocycles. The predicted octanol–water partition coefficient (Wildman–Crippen LogP) is 3.03. The van der Waals surface area contributed by atoms with Crippen LogP contribution in [0.5, 0.6) is 5.75 Å². The minimum atomic E-state index is 0.0741. The lowest BCUT2D eigenvalue weighted by Crippen LogP contribution is -2.33. The number of nitrogens with zero attached hydrogens (tertiary/aromatic N) is 5. The fraction of sp³-hybridized carbons (Fsp3) is 0.500. The van der Waals surface area contributed by atoms with Crippen molar-refractivity contribution in [3.05, 3.63) is 36.2 Å². The van der Waals surface area contributed by atoms with Crippen LogP contribution >= 0.6 is 0 Å². The van der Waals surface area contributed by atoms with Crippen molar-refractivity contribution >= 4 is 22.9 Å². The third-order valence-corrected chi connectivity index (χ3v) is 5.68. The molecule has 0 saturated carbocycles. The molecule has 0 radical (unpaired) electrons. The third kappa shape index (κ3) is 4.05. The van der Waals surface area contributed by atoms with Crippen LogP contribution in [0.2, 0.25) is 0 Å². The third-order valence-electron chi connectivity index (χ3n) is 5.68. The monoisotopic (exact) mass is 410 g/mol. The zero-order valence-electron chi connectivity index (χ0n) is 17.9. The molecule has 0 bridgehead atoms. The normalized spacial score (nSPS) is 16.6. The Hall–Kier alpha value is -2.87. The van der Waals surface area contributed by atoms with E-state index in [9.17, 15) is 5.11 Å². The van der Waals surface area contributed by atoms with Crippen molar-refractivity contribution in [3.63, 3.8) is 0 Å². The smallest absolute Gasteiger partial charge is 0.229 e. The highest BCUT2D eigenvalue weighted by Gasteiger charge is 2.27. The van der Waals surface area contributed by atoms with Crippen LogP contribution < -0.4 is 15.0 Å². The molecule has 8 heteroatoms. The quantitative estimate of drug-likeness (QED) is 0.590. The largest absolute Gasteiger partial charge is 0.497 e. The molecule has 2 N–H and O–H groups in total. The number of benzene rings is 1. The number of fused-ring (bicyclic) bond motifs is 1. The summed E-state index contributed by atoms with van der Waals surface area (Å²) in [5.41, 5.74) is 2.83. The van der Waals surface area contributed by atoms with E-state index >= 15 is 0 Å². The molecule has 1 atom stereocenters. The zero-order valence-corrected chi connectivity index (χ0v) is 17.9. The lowest BCUT2D eigenvalue weighted by Gasteiger charge is -2.23. The molecule has 3 heterocycles. The van der Waals surface area contributed by atoms with Gasteiger partial charge in [0.25, 0.3) is 0 Å². The van der Waals surface area contributed by atoms with Crippen LogP contribution in [0.25, 0.3) is 11.2 Å². The van der Waals surface area contributed by atoms with Gasteiger partial charge in [-0.2, -0.15) is 9.97 Å². The Balaban J connectivity index is 1.60. The van der Waals surface area contributed by atoms with Gasteiger partial charge in [-0.25, -0.2) is 4.98 Å². The summed E-state index contributed by atoms with van der Waals surface area (Å²) >= 11 is 0. The number of rotatable bonds is 8. The van der Waals surface area contributed by atoms with E-state index in [-0.39, 0.29) is 18.7 Å². The molecular weight excluding hydrogens is 380 g/mol. The van der Waals surface area contributed by atoms with Gasteiger partial charge in [0, 0.05) is 19.1 Å². The molecule has 30 heavy (non-hydrogen) atoms. The fourth-order valence-corrected chi connectivity index (χ4v) is 3.94. The molecule has 2 aromatic heterocycles. The van der Waals surface area contributed by atoms with E-state index in [0.717, 1.165) is 55.1 Å². The van der Waals surface area contributed by atoms with Crippen LogP contribution in [0.15, 0.2) is 30.6 Å². The molecule has 0 spiro atoms. The molecule has 3 aromatic rings. The number of imidazole rings is 1. The lowest BCUT2D eigenvalue weighted by molar-refractivity contribution is 0.265. The van der Waals surface area contributed by atoms with Gasteiger partial charge >= 0.3 is 0 Å². The van der Waals surface area contributed by atoms with Crippen LogP contribution in [-0.4, -0.2) is 57.5 Å². The molecule has 1 saturated heterocycles. The molecule has 1 aliphatic heterocycles. The van der Waals surface area contributed by atoms with Crippen molar-refractivity contribution in [2.45, 2.75) is 45.2 Å². The van der Waals surface area contributed by atoms with Gasteiger partial charge < -0.3 is 24.6 Å². The first-order valence-corrected chi connectivity index (χ1v) is 10.6. The summed E-state index contributed by atoms with van der Waals surface area (Å²) in [6.07, 6.45) is 4.69. The Bertz CT molecular complexity index is 985. The average molecular weight is 411 g/mol. The summed E-state index contributed by atoms with van der Waals surface area (Å²) < 4.78 is 7.30. The van der Waals surface area contributed by atoms with Crippen molar-refractivity contribution in [2.24, 2.45) is 0 Å². The number of aromatic nitrogens is 4. The van der Waals surface area contributed by atoms with Crippen molar-refractivity contribution in [2.75, 3.05) is 37.0 Å². The first-order chi connectivity index (χ1) is 14.6. The summed E-state index contributed by atoms with van der Waals surface area (Å²) in [6.45, 7) is 5.94. The number of aliphatic hydroxyl groups excluding tert-OH is 1. The van der Waals surface area contributed by atoms with E-state index in [0.29, 0.717) is 5.95 Å². The van der Waals surface area contributed by atoms with Crippen molar-refractivity contribution in [1.82, 2.24) is 19.5 Å². The molecule has 1 fully saturated rings. The van der Waals surface area contributed by atoms with Crippen LogP contribution in [0.3, 0.4) is 0 Å². The minimum Gasteiger partial charge on any atom is -0.497 e. The molecule has 160 valence electrons. The second kappa shape index (κ2) is 8.87. The minimum absolute atomic E-state index is 0.0741. The molecule has 0 amide bonds. The van der Waals surface area contributed by atoms with Gasteiger partial charge in [-0.05, 0) is 50.8 Å². The van der Waals surface area contributed by atoms with E-state index < -0.39 is 0 Å². The summed E-state index contributed by atoms with van der Waals surface area (Å²) in [6, 6.07) is 8.42. The van der Waals surface area contributed by atoms with Gasteiger partial charge in [0.15, 0.2) is 17.0 Å². The lowest BCUT2D eigenvalue weighted by atomic mass is 10.1. The van der Waals surface area contributed by atoms with Gasteiger partial charge in [-0.3, -0.25) is 0 Å². The standard InChI is InChI=1S/C22H30N6O2/c1-15(2)28-14-24-19-20(23-11-10-16-6-8-18(30-3)9-7-16)25-22(26-21(19)28)27-12-4-5-17(27)13-29/h6-9,14-15,17,29H,4-5,10-13H2,1-3H3,(H,23,25,26). The van der Waals surface area contributed by atoms with Crippen LogP contribution in [0.1, 0.15) is 38.3 Å². The Morgan fingerprint density at radius 2 is 2.03 bits per heavy atom. The molecule has 8 nitrogen and oxygen atoms in total. The molecule has 1 aromatic carbocycles. The number of hydrogen-bond acceptors (Lipinski definition) is 7.